The van der Waals surface area contributed by atoms with Crippen LogP contribution in [0.25, 0.3) is 16.8 Å². The molecule has 5 rings (SSSR count). The number of hydrogen-bond donors (Lipinski definition) is 0. The van der Waals surface area contributed by atoms with Crippen LogP contribution in [0.2, 0.25) is 5.15 Å². The molecule has 0 atom stereocenters. The lowest BCUT2D eigenvalue weighted by Gasteiger charge is -2.35. The molecule has 35 heavy (non-hydrogen) atoms. The number of aromatic nitrogens is 2. The first-order chi connectivity index (χ1) is 16.4. The van der Waals surface area contributed by atoms with Gasteiger partial charge in [-0.1, -0.05) is 11.6 Å². The van der Waals surface area contributed by atoms with Gasteiger partial charge in [0, 0.05) is 36.5 Å². The van der Waals surface area contributed by atoms with Gasteiger partial charge in [-0.05, 0) is 38.8 Å². The molecule has 0 bridgehead atoms. The van der Waals surface area contributed by atoms with Gasteiger partial charge in [0.2, 0.25) is 0 Å². The smallest absolute Gasteiger partial charge is 0.420 e. The lowest BCUT2D eigenvalue weighted by atomic mass is 10.0. The highest BCUT2D eigenvalue weighted by atomic mass is 35.5. The summed E-state index contributed by atoms with van der Waals surface area (Å²) in [5.41, 5.74) is -1.62. The number of halogens is 4. The molecule has 3 aromatic rings. The molecular weight excluding hydrogens is 489 g/mol. The number of hydrogen-bond acceptors (Lipinski definition) is 5. The fraction of sp³-hybridized carbons (Fsp3) is 0.435. The molecule has 0 saturated carbocycles. The Kier molecular flexibility index (Phi) is 5.50. The number of carbonyl (C=O) groups excluding carboxylic acids is 2. The summed E-state index contributed by atoms with van der Waals surface area (Å²) >= 11 is 6.40. The molecule has 2 aliphatic heterocycles. The number of piperidine rings is 1. The van der Waals surface area contributed by atoms with Gasteiger partial charge in [0.25, 0.3) is 5.91 Å². The maximum absolute atomic E-state index is 13.9. The van der Waals surface area contributed by atoms with E-state index in [2.05, 4.69) is 4.98 Å². The summed E-state index contributed by atoms with van der Waals surface area (Å²) in [6.07, 6.45) is 0.00153. The van der Waals surface area contributed by atoms with E-state index < -0.39 is 28.9 Å². The van der Waals surface area contributed by atoms with E-state index in [1.54, 1.807) is 4.90 Å². The second kappa shape index (κ2) is 8.18. The van der Waals surface area contributed by atoms with Crippen LogP contribution in [0.15, 0.2) is 35.3 Å². The summed E-state index contributed by atoms with van der Waals surface area (Å²) in [5.74, 6) is -0.556. The van der Waals surface area contributed by atoms with Crippen molar-refractivity contribution in [1.82, 2.24) is 19.2 Å². The highest BCUT2D eigenvalue weighted by Crippen LogP contribution is 2.37. The van der Waals surface area contributed by atoms with E-state index in [1.807, 2.05) is 13.8 Å². The molecule has 186 valence electrons. The second-order valence-corrected chi connectivity index (χ2v) is 9.73. The minimum Gasteiger partial charge on any atom is -0.472 e. The average Bonchev–Trinajstić information content (AvgIpc) is 3.50. The topological polar surface area (TPSA) is 80.3 Å². The third-order valence-corrected chi connectivity index (χ3v) is 6.73. The molecule has 0 aliphatic carbocycles. The van der Waals surface area contributed by atoms with Crippen LogP contribution in [0.5, 0.6) is 0 Å². The van der Waals surface area contributed by atoms with Crippen molar-refractivity contribution in [3.63, 3.8) is 0 Å². The molecule has 3 aromatic heterocycles. The highest BCUT2D eigenvalue weighted by Gasteiger charge is 2.42. The predicted octanol–water partition coefficient (Wildman–Crippen LogP) is 5.10. The molecule has 12 heteroatoms. The van der Waals surface area contributed by atoms with Crippen LogP contribution in [-0.2, 0) is 10.9 Å². The van der Waals surface area contributed by atoms with Crippen LogP contribution in [0.3, 0.4) is 0 Å². The van der Waals surface area contributed by atoms with Crippen molar-refractivity contribution in [1.29, 1.82) is 0 Å². The Bertz CT molecular complexity index is 1290. The standard InChI is InChI=1S/C23H22ClF3N4O4/c1-22(2)12-31(21(33)35-22)15-3-6-29(7-4-15)20(32)17-18(24)30-10-14(13-5-8-34-11-13)9-16(19(30)28-17)23(25,26)27/h5,8-11,15H,3-4,6-7,12H2,1-2H3. The zero-order valence-corrected chi connectivity index (χ0v) is 19.7. The summed E-state index contributed by atoms with van der Waals surface area (Å²) in [5, 5.41) is -0.201. The highest BCUT2D eigenvalue weighted by molar-refractivity contribution is 6.33. The molecule has 2 saturated heterocycles. The summed E-state index contributed by atoms with van der Waals surface area (Å²) in [6, 6.07) is 2.40. The Morgan fingerprint density at radius 2 is 1.94 bits per heavy atom. The van der Waals surface area contributed by atoms with Gasteiger partial charge < -0.3 is 19.0 Å². The van der Waals surface area contributed by atoms with Crippen LogP contribution < -0.4 is 0 Å². The lowest BCUT2D eigenvalue weighted by Crippen LogP contribution is -2.47. The average molecular weight is 511 g/mol. The monoisotopic (exact) mass is 510 g/mol. The molecule has 0 unspecified atom stereocenters. The molecule has 8 nitrogen and oxygen atoms in total. The van der Waals surface area contributed by atoms with Gasteiger partial charge >= 0.3 is 12.3 Å². The van der Waals surface area contributed by atoms with E-state index in [0.29, 0.717) is 38.0 Å². The van der Waals surface area contributed by atoms with Crippen LogP contribution in [0, 0.1) is 0 Å². The Hall–Kier alpha value is -3.21. The van der Waals surface area contributed by atoms with Gasteiger partial charge in [-0.3, -0.25) is 9.20 Å². The van der Waals surface area contributed by atoms with Crippen molar-refractivity contribution >= 4 is 29.2 Å². The van der Waals surface area contributed by atoms with Crippen molar-refractivity contribution in [3.8, 4) is 11.1 Å². The Balaban J connectivity index is 1.42. The number of cyclic esters (lactones) is 1. The Morgan fingerprint density at radius 3 is 2.51 bits per heavy atom. The van der Waals surface area contributed by atoms with Crippen molar-refractivity contribution in [3.05, 3.63) is 47.3 Å². The number of amides is 2. The number of alkyl halides is 3. The first kappa shape index (κ1) is 23.5. The van der Waals surface area contributed by atoms with E-state index in [1.165, 1.54) is 29.7 Å². The third kappa shape index (κ3) is 4.22. The maximum atomic E-state index is 13.9. The number of likely N-dealkylation sites (tertiary alicyclic amines) is 1. The fourth-order valence-corrected chi connectivity index (χ4v) is 4.91. The fourth-order valence-electron chi connectivity index (χ4n) is 4.66. The molecule has 2 fully saturated rings. The van der Waals surface area contributed by atoms with Crippen molar-refractivity contribution in [2.45, 2.75) is 44.5 Å². The first-order valence-corrected chi connectivity index (χ1v) is 11.4. The number of furan rings is 1. The van der Waals surface area contributed by atoms with Crippen LogP contribution >= 0.6 is 11.6 Å². The van der Waals surface area contributed by atoms with E-state index in [-0.39, 0.29) is 28.5 Å². The number of imidazole rings is 1. The number of rotatable bonds is 3. The zero-order chi connectivity index (χ0) is 25.1. The van der Waals surface area contributed by atoms with Crippen LogP contribution in [-0.4, -0.2) is 62.5 Å². The van der Waals surface area contributed by atoms with Crippen molar-refractivity contribution < 1.29 is 31.9 Å². The van der Waals surface area contributed by atoms with Gasteiger partial charge in [-0.15, -0.1) is 0 Å². The van der Waals surface area contributed by atoms with Gasteiger partial charge in [0.1, 0.15) is 10.8 Å². The number of fused-ring (bicyclic) bond motifs is 1. The molecular formula is C23H22ClF3N4O4. The molecule has 2 amide bonds. The van der Waals surface area contributed by atoms with Gasteiger partial charge in [0.15, 0.2) is 11.3 Å². The predicted molar refractivity (Wildman–Crippen MR) is 119 cm³/mol. The molecule has 5 heterocycles. The van der Waals surface area contributed by atoms with Gasteiger partial charge in [0.05, 0.1) is 24.6 Å². The number of ether oxygens (including phenoxy) is 1. The normalized spacial score (nSPS) is 19.0. The maximum Gasteiger partial charge on any atom is 0.420 e. The van der Waals surface area contributed by atoms with Crippen LogP contribution in [0.4, 0.5) is 18.0 Å². The quantitative estimate of drug-likeness (QED) is 0.489. The molecule has 0 radical (unpaired) electrons. The van der Waals surface area contributed by atoms with E-state index in [9.17, 15) is 22.8 Å². The van der Waals surface area contributed by atoms with Crippen molar-refractivity contribution in [2.24, 2.45) is 0 Å². The SMILES string of the molecule is CC1(C)CN(C2CCN(C(=O)c3nc4c(C(F)(F)F)cc(-c5ccoc5)cn4c3Cl)CC2)C(=O)O1. The van der Waals surface area contributed by atoms with E-state index >= 15 is 0 Å². The lowest BCUT2D eigenvalue weighted by molar-refractivity contribution is -0.136. The number of nitrogens with zero attached hydrogens (tertiary/aromatic N) is 4. The zero-order valence-electron chi connectivity index (χ0n) is 18.9. The molecule has 0 spiro atoms. The van der Waals surface area contributed by atoms with Gasteiger partial charge in [-0.25, -0.2) is 9.78 Å². The van der Waals surface area contributed by atoms with Gasteiger partial charge in [-0.2, -0.15) is 13.2 Å². The van der Waals surface area contributed by atoms with Crippen LogP contribution in [0.1, 0.15) is 42.7 Å². The summed E-state index contributed by atoms with van der Waals surface area (Å²) < 4.78 is 53.0. The third-order valence-electron chi connectivity index (χ3n) is 6.37. The molecule has 0 N–H and O–H groups in total. The second-order valence-electron chi connectivity index (χ2n) is 9.38. The van der Waals surface area contributed by atoms with Crippen molar-refractivity contribution in [2.75, 3.05) is 19.6 Å². The van der Waals surface area contributed by atoms with E-state index in [0.717, 1.165) is 10.5 Å². The summed E-state index contributed by atoms with van der Waals surface area (Å²) in [7, 11) is 0. The molecule has 2 aliphatic rings. The minimum atomic E-state index is -4.72. The largest absolute Gasteiger partial charge is 0.472 e. The number of carbonyl (C=O) groups is 2. The Morgan fingerprint density at radius 1 is 1.23 bits per heavy atom. The van der Waals surface area contributed by atoms with E-state index in [4.69, 9.17) is 20.8 Å². The molecule has 0 aromatic carbocycles. The Labute approximate surface area is 203 Å². The summed E-state index contributed by atoms with van der Waals surface area (Å²) in [6.45, 7) is 4.75. The first-order valence-electron chi connectivity index (χ1n) is 11.0. The minimum absolute atomic E-state index is 0.0841. The number of pyridine rings is 1. The summed E-state index contributed by atoms with van der Waals surface area (Å²) in [4.78, 5) is 32.6.